The molecule has 2 aromatic rings. The highest BCUT2D eigenvalue weighted by atomic mass is 79.9. The van der Waals surface area contributed by atoms with Crippen molar-refractivity contribution in [3.05, 3.63) is 15.4 Å². The molecule has 2 rings (SSSR count). The van der Waals surface area contributed by atoms with Crippen LogP contribution in [0.1, 0.15) is 18.9 Å². The van der Waals surface area contributed by atoms with Crippen molar-refractivity contribution in [2.24, 2.45) is 0 Å². The second-order valence-electron chi connectivity index (χ2n) is 4.21. The van der Waals surface area contributed by atoms with Gasteiger partial charge in [0.05, 0.1) is 14.4 Å². The summed E-state index contributed by atoms with van der Waals surface area (Å²) in [6.45, 7) is 4.88. The summed E-state index contributed by atoms with van der Waals surface area (Å²) in [6.07, 6.45) is 0.942. The summed E-state index contributed by atoms with van der Waals surface area (Å²) in [4.78, 5) is 11.7. The van der Waals surface area contributed by atoms with Crippen LogP contribution in [0.15, 0.2) is 15.0 Å². The number of nitrogens with zero attached hydrogens (tertiary/aromatic N) is 3. The number of rotatable bonds is 6. The Morgan fingerprint density at radius 1 is 1.55 bits per heavy atom. The molecule has 5 nitrogen and oxygen atoms in total. The van der Waals surface area contributed by atoms with E-state index >= 15 is 0 Å². The number of thiophene rings is 1. The van der Waals surface area contributed by atoms with Gasteiger partial charge in [-0.3, -0.25) is 4.79 Å². The zero-order valence-electron chi connectivity index (χ0n) is 11.1. The highest BCUT2D eigenvalue weighted by Gasteiger charge is 2.17. The predicted molar refractivity (Wildman–Crippen MR) is 84.4 cm³/mol. The summed E-state index contributed by atoms with van der Waals surface area (Å²) in [5.74, 6) is -0.0505. The van der Waals surface area contributed by atoms with Crippen LogP contribution in [-0.2, 0) is 11.3 Å². The van der Waals surface area contributed by atoms with E-state index in [0.717, 1.165) is 33.0 Å². The minimum Gasteiger partial charge on any atom is -0.481 e. The number of aliphatic carboxylic acids is 1. The number of hydrogen-bond donors (Lipinski definition) is 1. The topological polar surface area (TPSA) is 68.0 Å². The van der Waals surface area contributed by atoms with E-state index in [9.17, 15) is 4.79 Å². The highest BCUT2D eigenvalue weighted by Crippen LogP contribution is 2.35. The number of carboxylic acids is 1. The molecule has 0 saturated carbocycles. The SMILES string of the molecule is CCCn1c(SCC(=O)O)nnc1-c1cc(C)c(Br)s1. The largest absolute Gasteiger partial charge is 0.481 e. The molecule has 20 heavy (non-hydrogen) atoms. The molecule has 0 aromatic carbocycles. The van der Waals surface area contributed by atoms with Crippen molar-refractivity contribution in [3.63, 3.8) is 0 Å². The molecule has 0 fully saturated rings. The Balaban J connectivity index is 2.35. The zero-order chi connectivity index (χ0) is 14.7. The summed E-state index contributed by atoms with van der Waals surface area (Å²) in [6, 6.07) is 2.07. The first-order valence-corrected chi connectivity index (χ1v) is 8.66. The van der Waals surface area contributed by atoms with Gasteiger partial charge < -0.3 is 9.67 Å². The van der Waals surface area contributed by atoms with Crippen LogP contribution in [0.2, 0.25) is 0 Å². The molecule has 0 amide bonds. The first-order valence-electron chi connectivity index (χ1n) is 6.07. The van der Waals surface area contributed by atoms with E-state index in [-0.39, 0.29) is 5.75 Å². The third-order valence-electron chi connectivity index (χ3n) is 2.57. The maximum Gasteiger partial charge on any atom is 0.313 e. The van der Waals surface area contributed by atoms with Gasteiger partial charge in [-0.25, -0.2) is 0 Å². The van der Waals surface area contributed by atoms with Gasteiger partial charge in [0.2, 0.25) is 0 Å². The van der Waals surface area contributed by atoms with E-state index in [1.807, 2.05) is 11.5 Å². The number of hydrogen-bond acceptors (Lipinski definition) is 5. The maximum atomic E-state index is 10.7. The molecular formula is C12H14BrN3O2S2. The summed E-state index contributed by atoms with van der Waals surface area (Å²) in [5, 5.41) is 17.8. The lowest BCUT2D eigenvalue weighted by Gasteiger charge is -2.06. The van der Waals surface area contributed by atoms with Crippen LogP contribution in [-0.4, -0.2) is 31.6 Å². The van der Waals surface area contributed by atoms with E-state index in [2.05, 4.69) is 39.1 Å². The maximum absolute atomic E-state index is 10.7. The van der Waals surface area contributed by atoms with Crippen LogP contribution in [0.25, 0.3) is 10.7 Å². The lowest BCUT2D eigenvalue weighted by atomic mass is 10.3. The van der Waals surface area contributed by atoms with Gasteiger partial charge in [-0.05, 0) is 40.9 Å². The fourth-order valence-corrected chi connectivity index (χ4v) is 3.91. The van der Waals surface area contributed by atoms with Crippen LogP contribution < -0.4 is 0 Å². The number of aryl methyl sites for hydroxylation is 1. The summed E-state index contributed by atoms with van der Waals surface area (Å²) < 4.78 is 3.07. The summed E-state index contributed by atoms with van der Waals surface area (Å²) in [7, 11) is 0. The molecule has 0 aliphatic carbocycles. The van der Waals surface area contributed by atoms with Crippen LogP contribution in [0.5, 0.6) is 0 Å². The normalized spacial score (nSPS) is 10.9. The Hall–Kier alpha value is -0.860. The van der Waals surface area contributed by atoms with Gasteiger partial charge in [-0.2, -0.15) is 0 Å². The number of thioether (sulfide) groups is 1. The van der Waals surface area contributed by atoms with Crippen molar-refractivity contribution in [2.45, 2.75) is 32.0 Å². The Labute approximate surface area is 133 Å². The molecule has 8 heteroatoms. The van der Waals surface area contributed by atoms with Crippen molar-refractivity contribution >= 4 is 45.0 Å². The van der Waals surface area contributed by atoms with E-state index in [1.165, 1.54) is 11.8 Å². The van der Waals surface area contributed by atoms with Gasteiger partial charge in [0.15, 0.2) is 11.0 Å². The lowest BCUT2D eigenvalue weighted by Crippen LogP contribution is -2.04. The molecular weight excluding hydrogens is 362 g/mol. The van der Waals surface area contributed by atoms with Crippen molar-refractivity contribution in [3.8, 4) is 10.7 Å². The van der Waals surface area contributed by atoms with Gasteiger partial charge in [0.1, 0.15) is 0 Å². The molecule has 1 N–H and O–H groups in total. The molecule has 2 heterocycles. The second kappa shape index (κ2) is 6.73. The standard InChI is InChI=1S/C12H14BrN3O2S2/c1-3-4-16-11(8-5-7(2)10(13)20-8)14-15-12(16)19-6-9(17)18/h5H,3-4,6H2,1-2H3,(H,17,18). The molecule has 0 bridgehead atoms. The smallest absolute Gasteiger partial charge is 0.313 e. The van der Waals surface area contributed by atoms with Gasteiger partial charge in [0, 0.05) is 6.54 Å². The number of carboxylic acid groups (broad SMARTS) is 1. The van der Waals surface area contributed by atoms with E-state index in [4.69, 9.17) is 5.11 Å². The molecule has 0 aliphatic rings. The third-order valence-corrected chi connectivity index (χ3v) is 5.65. The average molecular weight is 376 g/mol. The van der Waals surface area contributed by atoms with Gasteiger partial charge >= 0.3 is 5.97 Å². The Morgan fingerprint density at radius 3 is 2.85 bits per heavy atom. The number of halogens is 1. The quantitative estimate of drug-likeness (QED) is 0.780. The molecule has 0 atom stereocenters. The minimum absolute atomic E-state index is 0.00495. The van der Waals surface area contributed by atoms with E-state index in [0.29, 0.717) is 5.16 Å². The van der Waals surface area contributed by atoms with Gasteiger partial charge in [-0.15, -0.1) is 21.5 Å². The average Bonchev–Trinajstić information content (AvgIpc) is 2.92. The Bertz CT molecular complexity index is 605. The Kier molecular flexibility index (Phi) is 5.22. The second-order valence-corrected chi connectivity index (χ2v) is 7.52. The fourth-order valence-electron chi connectivity index (χ4n) is 1.70. The van der Waals surface area contributed by atoms with Crippen molar-refractivity contribution in [1.29, 1.82) is 0 Å². The Morgan fingerprint density at radius 2 is 2.30 bits per heavy atom. The first kappa shape index (κ1) is 15.5. The molecule has 108 valence electrons. The zero-order valence-corrected chi connectivity index (χ0v) is 14.3. The van der Waals surface area contributed by atoms with Crippen LogP contribution in [0, 0.1) is 6.92 Å². The first-order chi connectivity index (χ1) is 9.52. The van der Waals surface area contributed by atoms with E-state index < -0.39 is 5.97 Å². The van der Waals surface area contributed by atoms with Crippen molar-refractivity contribution in [2.75, 3.05) is 5.75 Å². The van der Waals surface area contributed by atoms with Gasteiger partial charge in [-0.1, -0.05) is 18.7 Å². The molecule has 2 aromatic heterocycles. The van der Waals surface area contributed by atoms with Crippen molar-refractivity contribution < 1.29 is 9.90 Å². The number of aromatic nitrogens is 3. The van der Waals surface area contributed by atoms with Crippen LogP contribution >= 0.6 is 39.0 Å². The molecule has 0 unspecified atom stereocenters. The molecule has 0 spiro atoms. The number of carbonyl (C=O) groups is 1. The van der Waals surface area contributed by atoms with Crippen LogP contribution in [0.4, 0.5) is 0 Å². The predicted octanol–water partition coefficient (Wildman–Crippen LogP) is 3.66. The fraction of sp³-hybridized carbons (Fsp3) is 0.417. The lowest BCUT2D eigenvalue weighted by molar-refractivity contribution is -0.133. The summed E-state index contributed by atoms with van der Waals surface area (Å²) in [5.41, 5.74) is 1.16. The minimum atomic E-state index is -0.850. The van der Waals surface area contributed by atoms with Crippen LogP contribution in [0.3, 0.4) is 0 Å². The highest BCUT2D eigenvalue weighted by molar-refractivity contribution is 9.11. The van der Waals surface area contributed by atoms with Gasteiger partial charge in [0.25, 0.3) is 0 Å². The monoisotopic (exact) mass is 375 g/mol. The van der Waals surface area contributed by atoms with E-state index in [1.54, 1.807) is 11.3 Å². The molecule has 0 saturated heterocycles. The molecule has 0 radical (unpaired) electrons. The van der Waals surface area contributed by atoms with Crippen molar-refractivity contribution in [1.82, 2.24) is 14.8 Å². The molecule has 0 aliphatic heterocycles. The third kappa shape index (κ3) is 3.42. The summed E-state index contributed by atoms with van der Waals surface area (Å²) >= 11 is 6.33.